The van der Waals surface area contributed by atoms with Crippen LogP contribution in [0.25, 0.3) is 11.1 Å². The summed E-state index contributed by atoms with van der Waals surface area (Å²) in [7, 11) is -0.868. The Labute approximate surface area is 210 Å². The van der Waals surface area contributed by atoms with E-state index in [1.807, 2.05) is 27.7 Å². The highest BCUT2D eigenvalue weighted by Crippen LogP contribution is 2.40. The molecule has 1 aromatic heterocycles. The van der Waals surface area contributed by atoms with Crippen molar-refractivity contribution in [3.8, 4) is 11.1 Å². The molecule has 2 saturated heterocycles. The van der Waals surface area contributed by atoms with Crippen LogP contribution in [0.5, 0.6) is 0 Å². The molecule has 1 atom stereocenters. The van der Waals surface area contributed by atoms with Gasteiger partial charge in [0.25, 0.3) is 5.56 Å². The fraction of sp³-hybridized carbons (Fsp3) is 0.538. The molecule has 36 heavy (non-hydrogen) atoms. The van der Waals surface area contributed by atoms with Gasteiger partial charge in [-0.1, -0.05) is 32.0 Å². The molecular formula is C26H34BFN2O6. The fourth-order valence-corrected chi connectivity index (χ4v) is 4.88. The maximum atomic E-state index is 14.8. The number of carbonyl (C=O) groups is 1. The van der Waals surface area contributed by atoms with E-state index in [1.54, 1.807) is 38.2 Å². The molecule has 0 saturated carbocycles. The second kappa shape index (κ2) is 8.71. The Morgan fingerprint density at radius 2 is 1.69 bits per heavy atom. The Kier molecular flexibility index (Phi) is 6.38. The quantitative estimate of drug-likeness (QED) is 0.626. The Hall–Kier alpha value is -2.69. The summed E-state index contributed by atoms with van der Waals surface area (Å²) in [4.78, 5) is 26.1. The first-order chi connectivity index (χ1) is 16.6. The van der Waals surface area contributed by atoms with Gasteiger partial charge in [0.05, 0.1) is 23.3 Å². The van der Waals surface area contributed by atoms with E-state index in [9.17, 15) is 24.2 Å². The van der Waals surface area contributed by atoms with Crippen LogP contribution in [-0.2, 0) is 15.9 Å². The number of halogens is 1. The maximum Gasteiger partial charge on any atom is 0.496 e. The minimum absolute atomic E-state index is 0.0592. The second-order valence-electron chi connectivity index (χ2n) is 11.5. The standard InChI is InChI=1S/C26H34BFN2O6/c1-23(2)15-29(22(32)33)12-11-26(23,34)16-30-14-19(27-35-24(3,4)25(5,6)36-27)18(13-21(30)31)17-9-7-8-10-20(17)28/h7-10,13-14,34H,11-12,15-16H2,1-6H3,(H,32,33). The SMILES string of the molecule is CC1(C)CN(C(=O)O)CCC1(O)Cn1cc(B2OC(C)(C)C(C)(C)O2)c(-c2ccccc2F)cc1=O. The van der Waals surface area contributed by atoms with Gasteiger partial charge in [-0.2, -0.15) is 0 Å². The van der Waals surface area contributed by atoms with Crippen molar-refractivity contribution in [2.24, 2.45) is 5.41 Å². The van der Waals surface area contributed by atoms with Gasteiger partial charge in [-0.05, 0) is 45.7 Å². The molecule has 8 nitrogen and oxygen atoms in total. The van der Waals surface area contributed by atoms with Crippen LogP contribution in [0, 0.1) is 11.2 Å². The Morgan fingerprint density at radius 1 is 1.08 bits per heavy atom. The molecular weight excluding hydrogens is 466 g/mol. The summed E-state index contributed by atoms with van der Waals surface area (Å²) in [5.41, 5.74) is -2.82. The van der Waals surface area contributed by atoms with Crippen LogP contribution in [-0.4, -0.2) is 62.8 Å². The Bertz CT molecular complexity index is 1230. The van der Waals surface area contributed by atoms with Crippen molar-refractivity contribution in [1.82, 2.24) is 9.47 Å². The predicted molar refractivity (Wildman–Crippen MR) is 135 cm³/mol. The highest BCUT2D eigenvalue weighted by molar-refractivity contribution is 6.63. The van der Waals surface area contributed by atoms with Crippen LogP contribution < -0.4 is 11.0 Å². The molecule has 0 aliphatic carbocycles. The third-order valence-corrected chi connectivity index (χ3v) is 8.17. The van der Waals surface area contributed by atoms with Gasteiger partial charge in [0.2, 0.25) is 0 Å². The molecule has 2 N–H and O–H groups in total. The molecule has 10 heteroatoms. The summed E-state index contributed by atoms with van der Waals surface area (Å²) < 4.78 is 28.7. The topological polar surface area (TPSA) is 101 Å². The van der Waals surface area contributed by atoms with E-state index in [4.69, 9.17) is 9.31 Å². The lowest BCUT2D eigenvalue weighted by Crippen LogP contribution is -2.60. The van der Waals surface area contributed by atoms with Crippen molar-refractivity contribution in [2.45, 2.75) is 71.3 Å². The predicted octanol–water partition coefficient (Wildman–Crippen LogP) is 3.09. The van der Waals surface area contributed by atoms with Crippen molar-refractivity contribution in [2.75, 3.05) is 13.1 Å². The molecule has 0 bridgehead atoms. The number of amides is 1. The Morgan fingerprint density at radius 3 is 2.25 bits per heavy atom. The van der Waals surface area contributed by atoms with Crippen molar-refractivity contribution >= 4 is 18.7 Å². The van der Waals surface area contributed by atoms with Crippen LogP contribution in [0.15, 0.2) is 41.3 Å². The number of pyridine rings is 1. The third-order valence-electron chi connectivity index (χ3n) is 8.17. The Balaban J connectivity index is 1.80. The minimum atomic E-state index is -1.35. The van der Waals surface area contributed by atoms with E-state index in [2.05, 4.69) is 0 Å². The van der Waals surface area contributed by atoms with E-state index in [-0.39, 0.29) is 31.6 Å². The monoisotopic (exact) mass is 500 g/mol. The maximum absolute atomic E-state index is 14.8. The van der Waals surface area contributed by atoms with Gasteiger partial charge in [-0.15, -0.1) is 0 Å². The number of likely N-dealkylation sites (tertiary alicyclic amines) is 1. The molecule has 194 valence electrons. The highest BCUT2D eigenvalue weighted by Gasteiger charge is 2.53. The average molecular weight is 500 g/mol. The number of piperidine rings is 1. The zero-order valence-electron chi connectivity index (χ0n) is 21.7. The number of aliphatic hydroxyl groups is 1. The average Bonchev–Trinajstić information content (AvgIpc) is 2.98. The summed E-state index contributed by atoms with van der Waals surface area (Å²) in [6, 6.07) is 7.55. The van der Waals surface area contributed by atoms with Gasteiger partial charge in [-0.3, -0.25) is 4.79 Å². The van der Waals surface area contributed by atoms with Gasteiger partial charge in [-0.25, -0.2) is 9.18 Å². The summed E-state index contributed by atoms with van der Waals surface area (Å²) >= 11 is 0. The fourth-order valence-electron chi connectivity index (χ4n) is 4.88. The minimum Gasteiger partial charge on any atom is -0.465 e. The molecule has 3 heterocycles. The summed E-state index contributed by atoms with van der Waals surface area (Å²) in [6.07, 6.45) is 0.698. The van der Waals surface area contributed by atoms with Gasteiger partial charge in [0.1, 0.15) is 5.82 Å². The van der Waals surface area contributed by atoms with Crippen molar-refractivity contribution < 1.29 is 28.7 Å². The molecule has 4 rings (SSSR count). The summed E-state index contributed by atoms with van der Waals surface area (Å²) in [5, 5.41) is 21.0. The van der Waals surface area contributed by atoms with Crippen LogP contribution in [0.1, 0.15) is 48.0 Å². The first-order valence-corrected chi connectivity index (χ1v) is 12.1. The van der Waals surface area contributed by atoms with Gasteiger partial charge >= 0.3 is 13.2 Å². The smallest absolute Gasteiger partial charge is 0.465 e. The number of nitrogens with zero attached hydrogens (tertiary/aromatic N) is 2. The largest absolute Gasteiger partial charge is 0.496 e. The number of aromatic nitrogens is 1. The molecule has 0 spiro atoms. The second-order valence-corrected chi connectivity index (χ2v) is 11.5. The van der Waals surface area contributed by atoms with Crippen molar-refractivity contribution in [3.63, 3.8) is 0 Å². The van der Waals surface area contributed by atoms with Crippen LogP contribution >= 0.6 is 0 Å². The summed E-state index contributed by atoms with van der Waals surface area (Å²) in [5.74, 6) is -0.478. The van der Waals surface area contributed by atoms with E-state index in [1.165, 1.54) is 21.6 Å². The van der Waals surface area contributed by atoms with Gasteiger partial charge < -0.3 is 29.0 Å². The van der Waals surface area contributed by atoms with Crippen LogP contribution in [0.3, 0.4) is 0 Å². The number of benzene rings is 1. The lowest BCUT2D eigenvalue weighted by atomic mass is 9.69. The first-order valence-electron chi connectivity index (χ1n) is 12.1. The zero-order chi connectivity index (χ0) is 26.7. The van der Waals surface area contributed by atoms with E-state index < -0.39 is 46.8 Å². The third kappa shape index (κ3) is 4.46. The van der Waals surface area contributed by atoms with E-state index in [0.717, 1.165) is 0 Å². The highest BCUT2D eigenvalue weighted by atomic mass is 19.1. The summed E-state index contributed by atoms with van der Waals surface area (Å²) in [6.45, 7) is 11.4. The molecule has 1 amide bonds. The van der Waals surface area contributed by atoms with Crippen LogP contribution in [0.2, 0.25) is 0 Å². The first kappa shape index (κ1) is 26.4. The molecule has 2 aromatic rings. The lowest BCUT2D eigenvalue weighted by molar-refractivity contribution is -0.123. The molecule has 0 radical (unpaired) electrons. The normalized spacial score (nSPS) is 24.7. The number of hydrogen-bond donors (Lipinski definition) is 2. The molecule has 1 aromatic carbocycles. The number of rotatable bonds is 4. The molecule has 1 unspecified atom stereocenters. The van der Waals surface area contributed by atoms with E-state index in [0.29, 0.717) is 11.0 Å². The van der Waals surface area contributed by atoms with Gasteiger partial charge in [0, 0.05) is 41.8 Å². The zero-order valence-corrected chi connectivity index (χ0v) is 21.7. The van der Waals surface area contributed by atoms with Crippen molar-refractivity contribution in [1.29, 1.82) is 0 Å². The molecule has 2 aliphatic rings. The van der Waals surface area contributed by atoms with Crippen molar-refractivity contribution in [3.05, 3.63) is 52.7 Å². The van der Waals surface area contributed by atoms with Crippen LogP contribution in [0.4, 0.5) is 9.18 Å². The lowest BCUT2D eigenvalue weighted by Gasteiger charge is -2.49. The number of carboxylic acid groups (broad SMARTS) is 1. The van der Waals surface area contributed by atoms with Gasteiger partial charge in [0.15, 0.2) is 0 Å². The van der Waals surface area contributed by atoms with E-state index >= 15 is 0 Å². The molecule has 2 fully saturated rings. The number of hydrogen-bond acceptors (Lipinski definition) is 5. The molecule has 2 aliphatic heterocycles.